The molecule has 0 aliphatic rings. The summed E-state index contributed by atoms with van der Waals surface area (Å²) in [6.07, 6.45) is -1.59. The van der Waals surface area contributed by atoms with Crippen molar-refractivity contribution >= 4 is 0 Å². The molecule has 0 radical (unpaired) electrons. The summed E-state index contributed by atoms with van der Waals surface area (Å²) in [6.45, 7) is -0.409. The van der Waals surface area contributed by atoms with Crippen LogP contribution in [0.3, 0.4) is 0 Å². The first-order chi connectivity index (χ1) is 6.24. The molecular formula is C10H14O3. The first-order valence-electron chi connectivity index (χ1n) is 4.25. The fourth-order valence-electron chi connectivity index (χ4n) is 1.11. The summed E-state index contributed by atoms with van der Waals surface area (Å²) in [5, 5.41) is 27.0. The first-order valence-corrected chi connectivity index (χ1v) is 4.25. The second kappa shape index (κ2) is 4.97. The summed E-state index contributed by atoms with van der Waals surface area (Å²) >= 11 is 0. The number of aliphatic hydroxyl groups excluding tert-OH is 3. The molecule has 1 unspecified atom stereocenters. The van der Waals surface area contributed by atoms with E-state index in [-0.39, 0.29) is 0 Å². The minimum atomic E-state index is -1.06. The van der Waals surface area contributed by atoms with Gasteiger partial charge < -0.3 is 15.3 Å². The number of hydrogen-bond acceptors (Lipinski definition) is 3. The van der Waals surface area contributed by atoms with Crippen LogP contribution in [0.5, 0.6) is 0 Å². The van der Waals surface area contributed by atoms with Gasteiger partial charge in [0.2, 0.25) is 0 Å². The fraction of sp³-hybridized carbons (Fsp3) is 0.400. The Hall–Kier alpha value is -0.900. The third-order valence-electron chi connectivity index (χ3n) is 1.92. The minimum Gasteiger partial charge on any atom is -0.394 e. The molecule has 0 aliphatic carbocycles. The van der Waals surface area contributed by atoms with Gasteiger partial charge in [0.15, 0.2) is 0 Å². The molecular weight excluding hydrogens is 168 g/mol. The molecule has 1 aromatic carbocycles. The Morgan fingerprint density at radius 1 is 1.00 bits per heavy atom. The van der Waals surface area contributed by atoms with Gasteiger partial charge in [-0.2, -0.15) is 0 Å². The smallest absolute Gasteiger partial charge is 0.103 e. The van der Waals surface area contributed by atoms with Crippen molar-refractivity contribution in [2.24, 2.45) is 0 Å². The summed E-state index contributed by atoms with van der Waals surface area (Å²) in [7, 11) is 0. The van der Waals surface area contributed by atoms with Crippen molar-refractivity contribution in [3.63, 3.8) is 0 Å². The van der Waals surface area contributed by atoms with Crippen LogP contribution in [-0.2, 0) is 6.42 Å². The van der Waals surface area contributed by atoms with Crippen molar-refractivity contribution in [1.29, 1.82) is 0 Å². The summed E-state index contributed by atoms with van der Waals surface area (Å²) in [6, 6.07) is 9.36. The van der Waals surface area contributed by atoms with Crippen molar-refractivity contribution in [1.82, 2.24) is 0 Å². The quantitative estimate of drug-likeness (QED) is 0.611. The molecule has 0 saturated heterocycles. The fourth-order valence-corrected chi connectivity index (χ4v) is 1.11. The van der Waals surface area contributed by atoms with Gasteiger partial charge in [-0.25, -0.2) is 0 Å². The van der Waals surface area contributed by atoms with Crippen molar-refractivity contribution < 1.29 is 15.3 Å². The normalized spacial score (nSPS) is 15.3. The maximum Gasteiger partial charge on any atom is 0.103 e. The Kier molecular flexibility index (Phi) is 3.89. The van der Waals surface area contributed by atoms with Crippen LogP contribution in [0.2, 0.25) is 0 Å². The molecule has 0 fully saturated rings. The summed E-state index contributed by atoms with van der Waals surface area (Å²) in [5.41, 5.74) is 0.947. The molecule has 1 rings (SSSR count). The van der Waals surface area contributed by atoms with Crippen LogP contribution < -0.4 is 0 Å². The molecule has 0 aromatic heterocycles. The highest BCUT2D eigenvalue weighted by atomic mass is 16.4. The van der Waals surface area contributed by atoms with E-state index in [2.05, 4.69) is 0 Å². The second-order valence-corrected chi connectivity index (χ2v) is 3.01. The van der Waals surface area contributed by atoms with Crippen LogP contribution in [0, 0.1) is 0 Å². The zero-order valence-electron chi connectivity index (χ0n) is 7.30. The van der Waals surface area contributed by atoms with E-state index >= 15 is 0 Å². The first kappa shape index (κ1) is 10.2. The molecule has 72 valence electrons. The highest BCUT2D eigenvalue weighted by Crippen LogP contribution is 2.05. The predicted molar refractivity (Wildman–Crippen MR) is 49.2 cm³/mol. The molecule has 13 heavy (non-hydrogen) atoms. The Morgan fingerprint density at radius 3 is 2.15 bits per heavy atom. The highest BCUT2D eigenvalue weighted by molar-refractivity contribution is 5.15. The predicted octanol–water partition coefficient (Wildman–Crippen LogP) is -0.0568. The molecule has 0 heterocycles. The van der Waals surface area contributed by atoms with Crippen LogP contribution in [-0.4, -0.2) is 34.1 Å². The minimum absolute atomic E-state index is 0.364. The van der Waals surface area contributed by atoms with Crippen molar-refractivity contribution in [2.75, 3.05) is 6.61 Å². The lowest BCUT2D eigenvalue weighted by atomic mass is 10.0. The average Bonchev–Trinajstić information content (AvgIpc) is 2.18. The third kappa shape index (κ3) is 3.14. The molecule has 3 heteroatoms. The van der Waals surface area contributed by atoms with Gasteiger partial charge in [0, 0.05) is 6.42 Å². The van der Waals surface area contributed by atoms with Gasteiger partial charge in [0.05, 0.1) is 12.7 Å². The monoisotopic (exact) mass is 182 g/mol. The lowest BCUT2D eigenvalue weighted by Crippen LogP contribution is -2.30. The summed E-state index contributed by atoms with van der Waals surface area (Å²) in [4.78, 5) is 0. The van der Waals surface area contributed by atoms with Crippen molar-refractivity contribution in [3.05, 3.63) is 35.9 Å². The van der Waals surface area contributed by atoms with E-state index in [1.54, 1.807) is 0 Å². The largest absolute Gasteiger partial charge is 0.394 e. The van der Waals surface area contributed by atoms with Gasteiger partial charge in [-0.3, -0.25) is 0 Å². The maximum absolute atomic E-state index is 9.36. The molecule has 0 saturated carbocycles. The van der Waals surface area contributed by atoms with Gasteiger partial charge in [-0.1, -0.05) is 30.3 Å². The maximum atomic E-state index is 9.36. The molecule has 1 aromatic rings. The SMILES string of the molecule is OCC(O)[C@@H](O)Cc1ccccc1. The second-order valence-electron chi connectivity index (χ2n) is 3.01. The molecule has 3 nitrogen and oxygen atoms in total. The van der Waals surface area contributed by atoms with Gasteiger partial charge in [-0.05, 0) is 5.56 Å². The third-order valence-corrected chi connectivity index (χ3v) is 1.92. The van der Waals surface area contributed by atoms with Gasteiger partial charge in [-0.15, -0.1) is 0 Å². The van der Waals surface area contributed by atoms with Gasteiger partial charge in [0.1, 0.15) is 6.10 Å². The van der Waals surface area contributed by atoms with Crippen molar-refractivity contribution in [2.45, 2.75) is 18.6 Å². The lowest BCUT2D eigenvalue weighted by Gasteiger charge is -2.15. The van der Waals surface area contributed by atoms with Crippen LogP contribution in [0.4, 0.5) is 0 Å². The van der Waals surface area contributed by atoms with Gasteiger partial charge >= 0.3 is 0 Å². The Morgan fingerprint density at radius 2 is 1.62 bits per heavy atom. The number of rotatable bonds is 4. The van der Waals surface area contributed by atoms with E-state index < -0.39 is 18.8 Å². The molecule has 0 amide bonds. The molecule has 0 aliphatic heterocycles. The van der Waals surface area contributed by atoms with E-state index in [9.17, 15) is 5.11 Å². The Balaban J connectivity index is 2.50. The summed E-state index contributed by atoms with van der Waals surface area (Å²) < 4.78 is 0. The van der Waals surface area contributed by atoms with E-state index in [0.29, 0.717) is 6.42 Å². The number of hydrogen-bond donors (Lipinski definition) is 3. The Bertz CT molecular complexity index is 235. The van der Waals surface area contributed by atoms with Crippen molar-refractivity contribution in [3.8, 4) is 0 Å². The van der Waals surface area contributed by atoms with Gasteiger partial charge in [0.25, 0.3) is 0 Å². The molecule has 3 N–H and O–H groups in total. The number of benzene rings is 1. The summed E-state index contributed by atoms with van der Waals surface area (Å²) in [5.74, 6) is 0. The van der Waals surface area contributed by atoms with Crippen LogP contribution >= 0.6 is 0 Å². The lowest BCUT2D eigenvalue weighted by molar-refractivity contribution is -0.0132. The van der Waals surface area contributed by atoms with E-state index in [0.717, 1.165) is 5.56 Å². The Labute approximate surface area is 77.3 Å². The van der Waals surface area contributed by atoms with E-state index in [1.807, 2.05) is 30.3 Å². The molecule has 2 atom stereocenters. The zero-order chi connectivity index (χ0) is 9.68. The van der Waals surface area contributed by atoms with Crippen LogP contribution in [0.1, 0.15) is 5.56 Å². The average molecular weight is 182 g/mol. The molecule has 0 spiro atoms. The van der Waals surface area contributed by atoms with E-state index in [1.165, 1.54) is 0 Å². The zero-order valence-corrected chi connectivity index (χ0v) is 7.30. The number of aliphatic hydroxyl groups is 3. The topological polar surface area (TPSA) is 60.7 Å². The highest BCUT2D eigenvalue weighted by Gasteiger charge is 2.14. The van der Waals surface area contributed by atoms with E-state index in [4.69, 9.17) is 10.2 Å². The van der Waals surface area contributed by atoms with Crippen LogP contribution in [0.15, 0.2) is 30.3 Å². The standard InChI is InChI=1S/C10H14O3/c11-7-10(13)9(12)6-8-4-2-1-3-5-8/h1-5,9-13H,6-7H2/t9-,10?/m0/s1. The van der Waals surface area contributed by atoms with Crippen LogP contribution in [0.25, 0.3) is 0 Å². The molecule has 0 bridgehead atoms.